The molecule has 1 aromatic carbocycles. The third-order valence-electron chi connectivity index (χ3n) is 2.12. The first kappa shape index (κ1) is 12.6. The van der Waals surface area contributed by atoms with Crippen LogP contribution >= 0.6 is 0 Å². The fourth-order valence-corrected chi connectivity index (χ4v) is 1.32. The summed E-state index contributed by atoms with van der Waals surface area (Å²) in [6.45, 7) is 4.71. The molecule has 0 aliphatic heterocycles. The van der Waals surface area contributed by atoms with Crippen LogP contribution in [0.25, 0.3) is 0 Å². The molecule has 0 saturated heterocycles. The number of halogens is 1. The van der Waals surface area contributed by atoms with E-state index in [0.29, 0.717) is 13.2 Å². The van der Waals surface area contributed by atoms with Crippen molar-refractivity contribution in [3.05, 3.63) is 35.6 Å². The second-order valence-corrected chi connectivity index (χ2v) is 3.46. The maximum absolute atomic E-state index is 13.2. The lowest BCUT2D eigenvalue weighted by molar-refractivity contribution is 0.0693. The molecule has 1 unspecified atom stereocenters. The number of carbonyl (C=O) groups excluding carboxylic acids is 1. The van der Waals surface area contributed by atoms with Gasteiger partial charge in [-0.15, -0.1) is 0 Å². The Balaban J connectivity index is 2.50. The Morgan fingerprint density at radius 3 is 2.81 bits per heavy atom. The number of benzene rings is 1. The molecule has 0 aliphatic carbocycles. The van der Waals surface area contributed by atoms with Crippen molar-refractivity contribution in [3.8, 4) is 0 Å². The second kappa shape index (κ2) is 6.23. The first-order valence-corrected chi connectivity index (χ1v) is 5.29. The highest BCUT2D eigenvalue weighted by atomic mass is 19.1. The highest BCUT2D eigenvalue weighted by molar-refractivity contribution is 5.94. The molecule has 1 N–H and O–H groups in total. The molecule has 1 aromatic rings. The highest BCUT2D eigenvalue weighted by Crippen LogP contribution is 2.05. The minimum Gasteiger partial charge on any atom is -0.377 e. The Bertz CT molecular complexity index is 355. The molecule has 88 valence electrons. The molecule has 1 amide bonds. The van der Waals surface area contributed by atoms with Gasteiger partial charge in [-0.05, 0) is 26.0 Å². The molecule has 0 heterocycles. The van der Waals surface area contributed by atoms with Crippen molar-refractivity contribution >= 4 is 5.91 Å². The molecular weight excluding hydrogens is 209 g/mol. The smallest absolute Gasteiger partial charge is 0.254 e. The summed E-state index contributed by atoms with van der Waals surface area (Å²) in [5.41, 5.74) is 0.0613. The lowest BCUT2D eigenvalue weighted by Gasteiger charge is -2.12. The molecule has 0 spiro atoms. The molecule has 0 saturated carbocycles. The van der Waals surface area contributed by atoms with Crippen LogP contribution in [0.2, 0.25) is 0 Å². The number of nitrogens with one attached hydrogen (secondary N) is 1. The summed E-state index contributed by atoms with van der Waals surface area (Å²) in [4.78, 5) is 11.6. The lowest BCUT2D eigenvalue weighted by Crippen LogP contribution is -2.32. The molecule has 0 radical (unpaired) electrons. The predicted molar refractivity (Wildman–Crippen MR) is 59.8 cm³/mol. The standard InChI is InChI=1S/C12H16FNO2/c1-3-16-9(2)8-14-12(15)10-6-4-5-7-11(10)13/h4-7,9H,3,8H2,1-2H3,(H,14,15). The van der Waals surface area contributed by atoms with Crippen LogP contribution in [0.4, 0.5) is 4.39 Å². The number of carbonyl (C=O) groups is 1. The molecule has 4 heteroatoms. The highest BCUT2D eigenvalue weighted by Gasteiger charge is 2.11. The summed E-state index contributed by atoms with van der Waals surface area (Å²) < 4.78 is 18.5. The van der Waals surface area contributed by atoms with E-state index in [4.69, 9.17) is 4.74 Å². The second-order valence-electron chi connectivity index (χ2n) is 3.46. The van der Waals surface area contributed by atoms with Crippen molar-refractivity contribution in [2.75, 3.05) is 13.2 Å². The fraction of sp³-hybridized carbons (Fsp3) is 0.417. The van der Waals surface area contributed by atoms with Crippen LogP contribution in [0, 0.1) is 5.82 Å². The third-order valence-corrected chi connectivity index (χ3v) is 2.12. The van der Waals surface area contributed by atoms with Gasteiger partial charge in [-0.2, -0.15) is 0 Å². The van der Waals surface area contributed by atoms with Crippen LogP contribution in [0.1, 0.15) is 24.2 Å². The topological polar surface area (TPSA) is 38.3 Å². The fourth-order valence-electron chi connectivity index (χ4n) is 1.32. The monoisotopic (exact) mass is 225 g/mol. The van der Waals surface area contributed by atoms with Gasteiger partial charge in [0.05, 0.1) is 11.7 Å². The molecule has 16 heavy (non-hydrogen) atoms. The lowest BCUT2D eigenvalue weighted by atomic mass is 10.2. The van der Waals surface area contributed by atoms with Crippen molar-refractivity contribution in [2.24, 2.45) is 0 Å². The van der Waals surface area contributed by atoms with Gasteiger partial charge in [0.25, 0.3) is 5.91 Å². The van der Waals surface area contributed by atoms with Gasteiger partial charge in [0.15, 0.2) is 0 Å². The maximum Gasteiger partial charge on any atom is 0.254 e. The molecule has 0 fully saturated rings. The molecule has 0 aliphatic rings. The number of hydrogen-bond acceptors (Lipinski definition) is 2. The van der Waals surface area contributed by atoms with E-state index in [-0.39, 0.29) is 11.7 Å². The van der Waals surface area contributed by atoms with Gasteiger partial charge in [0, 0.05) is 13.2 Å². The average molecular weight is 225 g/mol. The van der Waals surface area contributed by atoms with Crippen LogP contribution in [0.3, 0.4) is 0 Å². The Morgan fingerprint density at radius 1 is 1.50 bits per heavy atom. The first-order chi connectivity index (χ1) is 7.65. The zero-order chi connectivity index (χ0) is 12.0. The normalized spacial score (nSPS) is 12.2. The van der Waals surface area contributed by atoms with Gasteiger partial charge in [-0.1, -0.05) is 12.1 Å². The Hall–Kier alpha value is -1.42. The van der Waals surface area contributed by atoms with Gasteiger partial charge in [-0.3, -0.25) is 4.79 Å². The minimum absolute atomic E-state index is 0.0613. The van der Waals surface area contributed by atoms with Gasteiger partial charge >= 0.3 is 0 Å². The van der Waals surface area contributed by atoms with Crippen molar-refractivity contribution in [2.45, 2.75) is 20.0 Å². The van der Waals surface area contributed by atoms with E-state index in [1.165, 1.54) is 12.1 Å². The van der Waals surface area contributed by atoms with Crippen LogP contribution in [0.5, 0.6) is 0 Å². The summed E-state index contributed by atoms with van der Waals surface area (Å²) in [7, 11) is 0. The molecular formula is C12H16FNO2. The zero-order valence-electron chi connectivity index (χ0n) is 9.50. The van der Waals surface area contributed by atoms with E-state index in [1.807, 2.05) is 13.8 Å². The Morgan fingerprint density at radius 2 is 2.19 bits per heavy atom. The molecule has 1 rings (SSSR count). The van der Waals surface area contributed by atoms with Crippen LogP contribution < -0.4 is 5.32 Å². The van der Waals surface area contributed by atoms with E-state index in [9.17, 15) is 9.18 Å². The quantitative estimate of drug-likeness (QED) is 0.832. The molecule has 1 atom stereocenters. The van der Waals surface area contributed by atoms with Gasteiger partial charge in [0.2, 0.25) is 0 Å². The summed E-state index contributed by atoms with van der Waals surface area (Å²) in [6, 6.07) is 5.90. The molecule has 3 nitrogen and oxygen atoms in total. The number of amides is 1. The number of ether oxygens (including phenoxy) is 1. The van der Waals surface area contributed by atoms with Crippen molar-refractivity contribution in [1.82, 2.24) is 5.32 Å². The zero-order valence-corrected chi connectivity index (χ0v) is 9.50. The van der Waals surface area contributed by atoms with Gasteiger partial charge in [0.1, 0.15) is 5.82 Å². The largest absolute Gasteiger partial charge is 0.377 e. The summed E-state index contributed by atoms with van der Waals surface area (Å²) in [5.74, 6) is -0.922. The van der Waals surface area contributed by atoms with Crippen LogP contribution in [-0.4, -0.2) is 25.2 Å². The summed E-state index contributed by atoms with van der Waals surface area (Å²) in [5, 5.41) is 2.62. The van der Waals surface area contributed by atoms with Crippen molar-refractivity contribution in [1.29, 1.82) is 0 Å². The van der Waals surface area contributed by atoms with Crippen LogP contribution in [-0.2, 0) is 4.74 Å². The summed E-state index contributed by atoms with van der Waals surface area (Å²) >= 11 is 0. The van der Waals surface area contributed by atoms with E-state index in [2.05, 4.69) is 5.32 Å². The first-order valence-electron chi connectivity index (χ1n) is 5.29. The van der Waals surface area contributed by atoms with Crippen LogP contribution in [0.15, 0.2) is 24.3 Å². The Labute approximate surface area is 94.6 Å². The average Bonchev–Trinajstić information content (AvgIpc) is 2.27. The van der Waals surface area contributed by atoms with Crippen molar-refractivity contribution < 1.29 is 13.9 Å². The molecule has 0 aromatic heterocycles. The Kier molecular flexibility index (Phi) is 4.92. The number of hydrogen-bond donors (Lipinski definition) is 1. The minimum atomic E-state index is -0.510. The van der Waals surface area contributed by atoms with E-state index >= 15 is 0 Å². The van der Waals surface area contributed by atoms with Crippen molar-refractivity contribution in [3.63, 3.8) is 0 Å². The van der Waals surface area contributed by atoms with Gasteiger partial charge in [-0.25, -0.2) is 4.39 Å². The SMILES string of the molecule is CCOC(C)CNC(=O)c1ccccc1F. The van der Waals surface area contributed by atoms with E-state index in [0.717, 1.165) is 0 Å². The maximum atomic E-state index is 13.2. The van der Waals surface area contributed by atoms with E-state index in [1.54, 1.807) is 12.1 Å². The van der Waals surface area contributed by atoms with Gasteiger partial charge < -0.3 is 10.1 Å². The van der Waals surface area contributed by atoms with E-state index < -0.39 is 11.7 Å². The third kappa shape index (κ3) is 3.62. The molecule has 0 bridgehead atoms. The number of rotatable bonds is 5. The predicted octanol–water partition coefficient (Wildman–Crippen LogP) is 1.98. The summed E-state index contributed by atoms with van der Waals surface area (Å²) in [6.07, 6.45) is -0.0688.